The summed E-state index contributed by atoms with van der Waals surface area (Å²) in [7, 11) is 0. The fourth-order valence-electron chi connectivity index (χ4n) is 2.18. The Balaban J connectivity index is 1.87. The van der Waals surface area contributed by atoms with E-state index >= 15 is 0 Å². The van der Waals surface area contributed by atoms with Gasteiger partial charge in [-0.2, -0.15) is 5.26 Å². The minimum Gasteiger partial charge on any atom is -0.306 e. The van der Waals surface area contributed by atoms with E-state index in [-0.39, 0.29) is 5.78 Å². The Bertz CT molecular complexity index is 802. The van der Waals surface area contributed by atoms with Gasteiger partial charge in [0.25, 0.3) is 0 Å². The molecule has 0 radical (unpaired) electrons. The van der Waals surface area contributed by atoms with E-state index in [9.17, 15) is 10.1 Å². The first kappa shape index (κ1) is 13.7. The number of hydrogen-bond acceptors (Lipinski definition) is 4. The summed E-state index contributed by atoms with van der Waals surface area (Å²) >= 11 is 0. The lowest BCUT2D eigenvalue weighted by Crippen LogP contribution is -2.12. The maximum atomic E-state index is 12.5. The molecule has 0 N–H and O–H groups in total. The van der Waals surface area contributed by atoms with Gasteiger partial charge in [0.2, 0.25) is 0 Å². The average Bonchev–Trinajstić information content (AvgIpc) is 3.11. The first-order valence-electron chi connectivity index (χ1n) is 6.73. The second-order valence-corrected chi connectivity index (χ2v) is 4.70. The van der Waals surface area contributed by atoms with Crippen LogP contribution in [0.1, 0.15) is 22.0 Å². The summed E-state index contributed by atoms with van der Waals surface area (Å²) in [6, 6.07) is 14.3. The van der Waals surface area contributed by atoms with Crippen LogP contribution in [0.3, 0.4) is 0 Å². The fourth-order valence-corrected chi connectivity index (χ4v) is 2.18. The molecule has 0 aliphatic rings. The molecule has 0 spiro atoms. The van der Waals surface area contributed by atoms with Crippen molar-refractivity contribution in [2.75, 3.05) is 0 Å². The van der Waals surface area contributed by atoms with Gasteiger partial charge >= 0.3 is 0 Å². The van der Waals surface area contributed by atoms with E-state index in [0.29, 0.717) is 11.3 Å². The predicted molar refractivity (Wildman–Crippen MR) is 80.5 cm³/mol. The van der Waals surface area contributed by atoms with Crippen molar-refractivity contribution < 1.29 is 4.79 Å². The van der Waals surface area contributed by atoms with E-state index < -0.39 is 5.92 Å². The third kappa shape index (κ3) is 2.63. The van der Waals surface area contributed by atoms with Crippen LogP contribution in [0.25, 0.3) is 5.69 Å². The molecule has 0 fully saturated rings. The molecule has 0 saturated heterocycles. The van der Waals surface area contributed by atoms with Crippen molar-refractivity contribution in [3.05, 3.63) is 78.6 Å². The average molecular weight is 288 g/mol. The Morgan fingerprint density at radius 1 is 1.14 bits per heavy atom. The lowest BCUT2D eigenvalue weighted by molar-refractivity contribution is 0.0977. The first-order chi connectivity index (χ1) is 10.8. The third-order valence-electron chi connectivity index (χ3n) is 3.33. The van der Waals surface area contributed by atoms with Crippen molar-refractivity contribution in [3.8, 4) is 11.8 Å². The molecular weight excluding hydrogens is 276 g/mol. The fraction of sp³-hybridized carbons (Fsp3) is 0.0588. The Hall–Kier alpha value is -3.26. The van der Waals surface area contributed by atoms with Crippen LogP contribution in [0, 0.1) is 11.3 Å². The number of pyridine rings is 1. The molecule has 2 aromatic heterocycles. The number of Topliss-reactive ketones (excluding diaryl/α,β-unsaturated/α-hetero) is 1. The highest BCUT2D eigenvalue weighted by atomic mass is 16.1. The number of benzene rings is 1. The molecule has 0 saturated carbocycles. The molecule has 22 heavy (non-hydrogen) atoms. The van der Waals surface area contributed by atoms with Crippen molar-refractivity contribution in [1.82, 2.24) is 14.5 Å². The standard InChI is InChI=1S/C17H12N4O/c18-11-15(16-3-1-2-8-20-16)17(22)13-4-6-14(7-5-13)21-10-9-19-12-21/h1-10,12,15H. The number of carbonyl (C=O) groups excluding carboxylic acids is 1. The van der Waals surface area contributed by atoms with Gasteiger partial charge in [-0.1, -0.05) is 6.07 Å². The summed E-state index contributed by atoms with van der Waals surface area (Å²) in [5, 5.41) is 9.29. The second kappa shape index (κ2) is 6.02. The van der Waals surface area contributed by atoms with Gasteiger partial charge in [0.05, 0.1) is 18.1 Å². The second-order valence-electron chi connectivity index (χ2n) is 4.70. The molecule has 0 amide bonds. The number of nitriles is 1. The molecule has 5 heteroatoms. The molecule has 2 heterocycles. The Labute approximate surface area is 127 Å². The van der Waals surface area contributed by atoms with E-state index in [4.69, 9.17) is 0 Å². The number of ketones is 1. The van der Waals surface area contributed by atoms with Gasteiger partial charge in [0.15, 0.2) is 11.7 Å². The minimum atomic E-state index is -0.889. The van der Waals surface area contributed by atoms with Crippen molar-refractivity contribution in [2.24, 2.45) is 0 Å². The summed E-state index contributed by atoms with van der Waals surface area (Å²) in [5.41, 5.74) is 1.86. The van der Waals surface area contributed by atoms with Gasteiger partial charge in [0, 0.05) is 29.8 Å². The minimum absolute atomic E-state index is 0.251. The molecule has 5 nitrogen and oxygen atoms in total. The normalized spacial score (nSPS) is 11.6. The van der Waals surface area contributed by atoms with Crippen LogP contribution >= 0.6 is 0 Å². The van der Waals surface area contributed by atoms with Crippen molar-refractivity contribution in [2.45, 2.75) is 5.92 Å². The van der Waals surface area contributed by atoms with Gasteiger partial charge in [-0.05, 0) is 36.4 Å². The molecular formula is C17H12N4O. The molecule has 3 rings (SSSR count). The Morgan fingerprint density at radius 3 is 2.55 bits per heavy atom. The first-order valence-corrected chi connectivity index (χ1v) is 6.73. The van der Waals surface area contributed by atoms with E-state index in [1.165, 1.54) is 0 Å². The SMILES string of the molecule is N#CC(C(=O)c1ccc(-n2ccnc2)cc1)c1ccccn1. The number of aromatic nitrogens is 3. The van der Waals surface area contributed by atoms with Crippen molar-refractivity contribution in [1.29, 1.82) is 5.26 Å². The Kier molecular flexibility index (Phi) is 3.75. The predicted octanol–water partition coefficient (Wildman–Crippen LogP) is 2.76. The zero-order chi connectivity index (χ0) is 15.4. The van der Waals surface area contributed by atoms with Gasteiger partial charge in [-0.15, -0.1) is 0 Å². The molecule has 0 aliphatic carbocycles. The number of hydrogen-bond donors (Lipinski definition) is 0. The maximum Gasteiger partial charge on any atom is 0.186 e. The number of rotatable bonds is 4. The maximum absolute atomic E-state index is 12.5. The topological polar surface area (TPSA) is 71.6 Å². The van der Waals surface area contributed by atoms with E-state index in [0.717, 1.165) is 5.69 Å². The van der Waals surface area contributed by atoms with E-state index in [1.807, 2.05) is 29.0 Å². The van der Waals surface area contributed by atoms with Crippen LogP contribution in [-0.2, 0) is 0 Å². The van der Waals surface area contributed by atoms with E-state index in [1.54, 1.807) is 49.1 Å². The lowest BCUT2D eigenvalue weighted by atomic mass is 9.95. The van der Waals surface area contributed by atoms with Crippen LogP contribution in [0.2, 0.25) is 0 Å². The highest BCUT2D eigenvalue weighted by molar-refractivity contribution is 6.02. The largest absolute Gasteiger partial charge is 0.306 e. The summed E-state index contributed by atoms with van der Waals surface area (Å²) in [6.45, 7) is 0. The molecule has 0 bridgehead atoms. The van der Waals surface area contributed by atoms with Gasteiger partial charge in [-0.3, -0.25) is 9.78 Å². The number of nitrogens with zero attached hydrogens (tertiary/aromatic N) is 4. The number of imidazole rings is 1. The molecule has 1 atom stereocenters. The van der Waals surface area contributed by atoms with Crippen LogP contribution in [0.5, 0.6) is 0 Å². The van der Waals surface area contributed by atoms with Crippen LogP contribution in [-0.4, -0.2) is 20.3 Å². The lowest BCUT2D eigenvalue weighted by Gasteiger charge is -2.08. The highest BCUT2D eigenvalue weighted by Gasteiger charge is 2.22. The summed E-state index contributed by atoms with van der Waals surface area (Å²) in [4.78, 5) is 20.6. The Morgan fingerprint density at radius 2 is 1.95 bits per heavy atom. The van der Waals surface area contributed by atoms with Gasteiger partial charge < -0.3 is 4.57 Å². The molecule has 1 unspecified atom stereocenters. The third-order valence-corrected chi connectivity index (χ3v) is 3.33. The summed E-state index contributed by atoms with van der Waals surface area (Å²) in [5.74, 6) is -1.14. The zero-order valence-corrected chi connectivity index (χ0v) is 11.6. The zero-order valence-electron chi connectivity index (χ0n) is 11.6. The van der Waals surface area contributed by atoms with Crippen LogP contribution in [0.15, 0.2) is 67.4 Å². The van der Waals surface area contributed by atoms with E-state index in [2.05, 4.69) is 9.97 Å². The van der Waals surface area contributed by atoms with Gasteiger partial charge in [-0.25, -0.2) is 4.98 Å². The monoisotopic (exact) mass is 288 g/mol. The molecule has 0 aliphatic heterocycles. The van der Waals surface area contributed by atoms with Gasteiger partial charge in [0.1, 0.15) is 0 Å². The highest BCUT2D eigenvalue weighted by Crippen LogP contribution is 2.19. The summed E-state index contributed by atoms with van der Waals surface area (Å²) < 4.78 is 1.84. The molecule has 3 aromatic rings. The quantitative estimate of drug-likeness (QED) is 0.692. The van der Waals surface area contributed by atoms with Crippen LogP contribution in [0.4, 0.5) is 0 Å². The van der Waals surface area contributed by atoms with Crippen LogP contribution < -0.4 is 0 Å². The van der Waals surface area contributed by atoms with Crippen molar-refractivity contribution in [3.63, 3.8) is 0 Å². The molecule has 1 aromatic carbocycles. The smallest absolute Gasteiger partial charge is 0.186 e. The molecule has 106 valence electrons. The van der Waals surface area contributed by atoms with Crippen molar-refractivity contribution >= 4 is 5.78 Å². The number of carbonyl (C=O) groups is 1. The summed E-state index contributed by atoms with van der Waals surface area (Å²) in [6.07, 6.45) is 6.77.